The molecule has 0 aliphatic heterocycles. The van der Waals surface area contributed by atoms with E-state index in [1.54, 1.807) is 25.4 Å². The van der Waals surface area contributed by atoms with Crippen LogP contribution in [0.25, 0.3) is 0 Å². The zero-order valence-electron chi connectivity index (χ0n) is 10.5. The van der Waals surface area contributed by atoms with Crippen LogP contribution in [0.15, 0.2) is 35.3 Å². The van der Waals surface area contributed by atoms with Crippen molar-refractivity contribution < 1.29 is 4.79 Å². The third-order valence-corrected chi connectivity index (χ3v) is 4.15. The Kier molecular flexibility index (Phi) is 4.07. The van der Waals surface area contributed by atoms with E-state index in [2.05, 4.69) is 5.32 Å². The number of rotatable bonds is 3. The average molecular weight is 297 g/mol. The minimum atomic E-state index is -0.269. The second-order valence-electron chi connectivity index (χ2n) is 4.20. The SMILES string of the molecule is CC(NC(=O)c1ccn(C)c(=O)c1)c1ccc(Cl)s1. The Labute approximate surface area is 119 Å². The van der Waals surface area contributed by atoms with Gasteiger partial charge in [0.25, 0.3) is 11.5 Å². The second-order valence-corrected chi connectivity index (χ2v) is 5.95. The number of nitrogens with zero attached hydrogens (tertiary/aromatic N) is 1. The van der Waals surface area contributed by atoms with Crippen LogP contribution in [0, 0.1) is 0 Å². The summed E-state index contributed by atoms with van der Waals surface area (Å²) in [7, 11) is 1.64. The third kappa shape index (κ3) is 3.24. The summed E-state index contributed by atoms with van der Waals surface area (Å²) in [4.78, 5) is 24.5. The first-order chi connectivity index (χ1) is 8.97. The quantitative estimate of drug-likeness (QED) is 0.946. The molecule has 0 saturated carbocycles. The highest BCUT2D eigenvalue weighted by Gasteiger charge is 2.13. The van der Waals surface area contributed by atoms with Crippen molar-refractivity contribution in [3.05, 3.63) is 55.6 Å². The van der Waals surface area contributed by atoms with Crippen molar-refractivity contribution in [1.29, 1.82) is 0 Å². The normalized spacial score (nSPS) is 12.2. The number of hydrogen-bond donors (Lipinski definition) is 1. The highest BCUT2D eigenvalue weighted by molar-refractivity contribution is 7.16. The molecular weight excluding hydrogens is 284 g/mol. The van der Waals surface area contributed by atoms with E-state index in [1.807, 2.05) is 13.0 Å². The highest BCUT2D eigenvalue weighted by Crippen LogP contribution is 2.26. The van der Waals surface area contributed by atoms with Gasteiger partial charge >= 0.3 is 0 Å². The number of thiophene rings is 1. The molecule has 0 radical (unpaired) electrons. The van der Waals surface area contributed by atoms with Gasteiger partial charge in [-0.05, 0) is 25.1 Å². The van der Waals surface area contributed by atoms with Crippen molar-refractivity contribution in [2.75, 3.05) is 0 Å². The van der Waals surface area contributed by atoms with Crippen LogP contribution in [0.4, 0.5) is 0 Å². The van der Waals surface area contributed by atoms with E-state index in [0.29, 0.717) is 9.90 Å². The minimum Gasteiger partial charge on any atom is -0.345 e. The van der Waals surface area contributed by atoms with Crippen molar-refractivity contribution in [1.82, 2.24) is 9.88 Å². The van der Waals surface area contributed by atoms with Crippen LogP contribution in [-0.4, -0.2) is 10.5 Å². The standard InChI is InChI=1S/C13H13ClN2O2S/c1-8(10-3-4-11(14)19-10)15-13(18)9-5-6-16(2)12(17)7-9/h3-8H,1-2H3,(H,15,18). The fraction of sp³-hybridized carbons (Fsp3) is 0.231. The molecule has 1 amide bonds. The van der Waals surface area contributed by atoms with Crippen molar-refractivity contribution in [3.8, 4) is 0 Å². The molecule has 19 heavy (non-hydrogen) atoms. The number of nitrogens with one attached hydrogen (secondary N) is 1. The number of aryl methyl sites for hydroxylation is 1. The molecule has 2 heterocycles. The molecule has 0 fully saturated rings. The van der Waals surface area contributed by atoms with Crippen LogP contribution < -0.4 is 10.9 Å². The maximum absolute atomic E-state index is 12.0. The summed E-state index contributed by atoms with van der Waals surface area (Å²) in [6.45, 7) is 1.88. The first kappa shape index (κ1) is 13.8. The zero-order chi connectivity index (χ0) is 14.0. The van der Waals surface area contributed by atoms with E-state index in [0.717, 1.165) is 4.88 Å². The molecule has 2 aromatic rings. The van der Waals surface area contributed by atoms with Crippen LogP contribution in [-0.2, 0) is 7.05 Å². The van der Waals surface area contributed by atoms with Crippen LogP contribution in [0.5, 0.6) is 0 Å². The van der Waals surface area contributed by atoms with E-state index in [-0.39, 0.29) is 17.5 Å². The summed E-state index contributed by atoms with van der Waals surface area (Å²) in [5.41, 5.74) is 0.150. The molecule has 4 nitrogen and oxygen atoms in total. The summed E-state index contributed by atoms with van der Waals surface area (Å²) < 4.78 is 2.10. The molecule has 1 N–H and O–H groups in total. The number of aromatic nitrogens is 1. The molecule has 2 rings (SSSR count). The van der Waals surface area contributed by atoms with Crippen LogP contribution in [0.3, 0.4) is 0 Å². The summed E-state index contributed by atoms with van der Waals surface area (Å²) >= 11 is 7.28. The molecule has 0 aromatic carbocycles. The Morgan fingerprint density at radius 3 is 2.74 bits per heavy atom. The molecule has 1 atom stereocenters. The van der Waals surface area contributed by atoms with Crippen molar-refractivity contribution >= 4 is 28.8 Å². The average Bonchev–Trinajstić information content (AvgIpc) is 2.79. The molecule has 0 aliphatic carbocycles. The van der Waals surface area contributed by atoms with Crippen molar-refractivity contribution in [2.24, 2.45) is 7.05 Å². The largest absolute Gasteiger partial charge is 0.345 e. The summed E-state index contributed by atoms with van der Waals surface area (Å²) in [6, 6.07) is 6.47. The maximum atomic E-state index is 12.0. The second kappa shape index (κ2) is 5.59. The van der Waals surface area contributed by atoms with Gasteiger partial charge < -0.3 is 9.88 Å². The Morgan fingerprint density at radius 2 is 2.16 bits per heavy atom. The van der Waals surface area contributed by atoms with Crippen molar-refractivity contribution in [3.63, 3.8) is 0 Å². The molecular formula is C13H13ClN2O2S. The van der Waals surface area contributed by atoms with Crippen molar-refractivity contribution in [2.45, 2.75) is 13.0 Å². The third-order valence-electron chi connectivity index (χ3n) is 2.73. The van der Waals surface area contributed by atoms with E-state index >= 15 is 0 Å². The summed E-state index contributed by atoms with van der Waals surface area (Å²) in [5, 5.41) is 2.84. The molecule has 6 heteroatoms. The smallest absolute Gasteiger partial charge is 0.252 e. The van der Waals surface area contributed by atoms with E-state index in [4.69, 9.17) is 11.6 Å². The van der Waals surface area contributed by atoms with E-state index in [1.165, 1.54) is 22.0 Å². The monoisotopic (exact) mass is 296 g/mol. The Balaban J connectivity index is 2.12. The Hall–Kier alpha value is -1.59. The topological polar surface area (TPSA) is 51.1 Å². The first-order valence-electron chi connectivity index (χ1n) is 5.70. The van der Waals surface area contributed by atoms with Gasteiger partial charge in [-0.25, -0.2) is 0 Å². The lowest BCUT2D eigenvalue weighted by Gasteiger charge is -2.12. The lowest BCUT2D eigenvalue weighted by atomic mass is 10.2. The van der Waals surface area contributed by atoms with Gasteiger partial charge in [0.1, 0.15) is 0 Å². The summed E-state index contributed by atoms with van der Waals surface area (Å²) in [5.74, 6) is -0.269. The molecule has 0 spiro atoms. The maximum Gasteiger partial charge on any atom is 0.252 e. The van der Waals surface area contributed by atoms with Gasteiger partial charge in [-0.1, -0.05) is 11.6 Å². The lowest BCUT2D eigenvalue weighted by molar-refractivity contribution is 0.0940. The molecule has 0 bridgehead atoms. The Morgan fingerprint density at radius 1 is 1.42 bits per heavy atom. The van der Waals surface area contributed by atoms with Gasteiger partial charge in [0.2, 0.25) is 0 Å². The first-order valence-corrected chi connectivity index (χ1v) is 6.89. The molecule has 0 aliphatic rings. The number of hydrogen-bond acceptors (Lipinski definition) is 3. The number of halogens is 1. The van der Waals surface area contributed by atoms with Gasteiger partial charge in [-0.15, -0.1) is 11.3 Å². The molecule has 0 saturated heterocycles. The molecule has 2 aromatic heterocycles. The van der Waals surface area contributed by atoms with Gasteiger partial charge in [0.15, 0.2) is 0 Å². The van der Waals surface area contributed by atoms with Gasteiger partial charge in [0.05, 0.1) is 10.4 Å². The zero-order valence-corrected chi connectivity index (χ0v) is 12.1. The minimum absolute atomic E-state index is 0.144. The molecule has 100 valence electrons. The predicted molar refractivity (Wildman–Crippen MR) is 76.9 cm³/mol. The fourth-order valence-corrected chi connectivity index (χ4v) is 2.67. The van der Waals surface area contributed by atoms with Crippen LogP contribution in [0.2, 0.25) is 4.34 Å². The summed E-state index contributed by atoms with van der Waals surface area (Å²) in [6.07, 6.45) is 1.57. The van der Waals surface area contributed by atoms with E-state index in [9.17, 15) is 9.59 Å². The number of pyridine rings is 1. The highest BCUT2D eigenvalue weighted by atomic mass is 35.5. The Bertz CT molecular complexity index is 663. The van der Waals surface area contributed by atoms with Gasteiger partial charge in [0, 0.05) is 29.8 Å². The van der Waals surface area contributed by atoms with Crippen LogP contribution in [0.1, 0.15) is 28.2 Å². The van der Waals surface area contributed by atoms with Gasteiger partial charge in [-0.3, -0.25) is 9.59 Å². The number of carbonyl (C=O) groups is 1. The lowest BCUT2D eigenvalue weighted by Crippen LogP contribution is -2.28. The predicted octanol–water partition coefficient (Wildman–Crippen LogP) is 2.59. The van der Waals surface area contributed by atoms with Gasteiger partial charge in [-0.2, -0.15) is 0 Å². The fourth-order valence-electron chi connectivity index (χ4n) is 1.60. The number of carbonyl (C=O) groups excluding carboxylic acids is 1. The number of amides is 1. The molecule has 1 unspecified atom stereocenters. The van der Waals surface area contributed by atoms with Crippen LogP contribution >= 0.6 is 22.9 Å². The van der Waals surface area contributed by atoms with E-state index < -0.39 is 0 Å².